The Bertz CT molecular complexity index is 871. The summed E-state index contributed by atoms with van der Waals surface area (Å²) in [6, 6.07) is 0. The fourth-order valence-corrected chi connectivity index (χ4v) is 4.77. The van der Waals surface area contributed by atoms with E-state index in [4.69, 9.17) is 9.84 Å². The van der Waals surface area contributed by atoms with Crippen molar-refractivity contribution in [3.63, 3.8) is 0 Å². The topological polar surface area (TPSA) is 92.7 Å². The molecule has 1 atom stereocenters. The van der Waals surface area contributed by atoms with E-state index in [1.165, 1.54) is 51.4 Å². The molecule has 0 aliphatic rings. The van der Waals surface area contributed by atoms with E-state index in [0.29, 0.717) is 25.7 Å². The van der Waals surface area contributed by atoms with Gasteiger partial charge in [-0.1, -0.05) is 120 Å². The van der Waals surface area contributed by atoms with Gasteiger partial charge in [-0.3, -0.25) is 14.4 Å². The van der Waals surface area contributed by atoms with Crippen molar-refractivity contribution in [2.45, 2.75) is 161 Å². The normalized spacial score (nSPS) is 12.8. The summed E-state index contributed by atoms with van der Waals surface area (Å²) < 4.78 is 5.83. The molecule has 2 N–H and O–H groups in total. The number of carbonyl (C=O) groups excluding carboxylic acids is 2. The van der Waals surface area contributed by atoms with Crippen LogP contribution >= 0.6 is 0 Å². The smallest absolute Gasteiger partial charge is 0.322 e. The second kappa shape index (κ2) is 34.0. The minimum atomic E-state index is -1.04. The van der Waals surface area contributed by atoms with Crippen molar-refractivity contribution in [3.8, 4) is 0 Å². The highest BCUT2D eigenvalue weighted by atomic mass is 16.5. The maximum atomic E-state index is 12.6. The third kappa shape index (κ3) is 33.8. The molecule has 0 aromatic carbocycles. The highest BCUT2D eigenvalue weighted by Crippen LogP contribution is 2.14. The van der Waals surface area contributed by atoms with Gasteiger partial charge in [-0.05, 0) is 83.1 Å². The zero-order chi connectivity index (χ0) is 33.1. The number of hydrogen-bond donors (Lipinski definition) is 2. The molecule has 0 saturated carbocycles. The molecule has 45 heavy (non-hydrogen) atoms. The molecule has 0 aromatic rings. The maximum absolute atomic E-state index is 12.6. The maximum Gasteiger partial charge on any atom is 0.322 e. The van der Waals surface area contributed by atoms with Crippen LogP contribution in [0.4, 0.5) is 0 Å². The van der Waals surface area contributed by atoms with Crippen LogP contribution in [0.3, 0.4) is 0 Å². The summed E-state index contributed by atoms with van der Waals surface area (Å²) >= 11 is 0. The lowest BCUT2D eigenvalue weighted by Crippen LogP contribution is -2.28. The van der Waals surface area contributed by atoms with Crippen molar-refractivity contribution in [1.29, 1.82) is 0 Å². The second-order valence-electron chi connectivity index (χ2n) is 11.7. The molecule has 6 heteroatoms. The summed E-state index contributed by atoms with van der Waals surface area (Å²) in [4.78, 5) is 34.9. The van der Waals surface area contributed by atoms with Gasteiger partial charge in [0.1, 0.15) is 12.6 Å². The predicted molar refractivity (Wildman–Crippen MR) is 189 cm³/mol. The van der Waals surface area contributed by atoms with E-state index in [2.05, 4.69) is 73.8 Å². The number of unbranched alkanes of at least 4 members (excludes halogenated alkanes) is 12. The average molecular weight is 628 g/mol. The molecular weight excluding hydrogens is 562 g/mol. The quantitative estimate of drug-likeness (QED) is 0.0453. The average Bonchev–Trinajstić information content (AvgIpc) is 3.02. The SMILES string of the molecule is CC/C=C\C/C=C\C/C=C\C/C=C\C(CCCCCC(=O)NCC(=O)O)OC(=O)CCCCCCC/C=C\CCCCCCC. The molecule has 0 aliphatic carbocycles. The fourth-order valence-electron chi connectivity index (χ4n) is 4.77. The number of aliphatic carboxylic acids is 1. The lowest BCUT2D eigenvalue weighted by atomic mass is 10.1. The van der Waals surface area contributed by atoms with Crippen molar-refractivity contribution in [2.75, 3.05) is 6.54 Å². The Morgan fingerprint density at radius 2 is 1.16 bits per heavy atom. The van der Waals surface area contributed by atoms with E-state index in [9.17, 15) is 14.4 Å². The summed E-state index contributed by atoms with van der Waals surface area (Å²) in [7, 11) is 0. The molecule has 0 heterocycles. The zero-order valence-corrected chi connectivity index (χ0v) is 28.7. The third-order valence-electron chi connectivity index (χ3n) is 7.41. The first-order valence-corrected chi connectivity index (χ1v) is 17.9. The van der Waals surface area contributed by atoms with E-state index < -0.39 is 5.97 Å². The van der Waals surface area contributed by atoms with Gasteiger partial charge >= 0.3 is 11.9 Å². The first-order chi connectivity index (χ1) is 22.0. The molecule has 0 bridgehead atoms. The Morgan fingerprint density at radius 1 is 0.622 bits per heavy atom. The van der Waals surface area contributed by atoms with Gasteiger partial charge in [0.25, 0.3) is 0 Å². The summed E-state index contributed by atoms with van der Waals surface area (Å²) in [5.74, 6) is -1.43. The van der Waals surface area contributed by atoms with Crippen LogP contribution in [0.25, 0.3) is 0 Å². The summed E-state index contributed by atoms with van der Waals surface area (Å²) in [6.45, 7) is 4.04. The first-order valence-electron chi connectivity index (χ1n) is 17.9. The molecule has 0 aliphatic heterocycles. The van der Waals surface area contributed by atoms with Gasteiger partial charge in [0, 0.05) is 12.8 Å². The number of amides is 1. The molecule has 6 nitrogen and oxygen atoms in total. The van der Waals surface area contributed by atoms with E-state index in [0.717, 1.165) is 64.2 Å². The summed E-state index contributed by atoms with van der Waals surface area (Å²) in [6.07, 6.45) is 43.5. The monoisotopic (exact) mass is 627 g/mol. The lowest BCUT2D eigenvalue weighted by Gasteiger charge is -2.14. The van der Waals surface area contributed by atoms with E-state index in [1.807, 2.05) is 6.08 Å². The molecule has 1 amide bonds. The van der Waals surface area contributed by atoms with Gasteiger partial charge in [-0.25, -0.2) is 0 Å². The summed E-state index contributed by atoms with van der Waals surface area (Å²) in [5, 5.41) is 11.1. The van der Waals surface area contributed by atoms with Crippen LogP contribution < -0.4 is 5.32 Å². The van der Waals surface area contributed by atoms with E-state index in [1.54, 1.807) is 0 Å². The van der Waals surface area contributed by atoms with Gasteiger partial charge in [-0.15, -0.1) is 0 Å². The predicted octanol–water partition coefficient (Wildman–Crippen LogP) is 10.5. The Balaban J connectivity index is 4.35. The van der Waals surface area contributed by atoms with Crippen LogP contribution in [-0.2, 0) is 19.1 Å². The molecule has 0 aromatic heterocycles. The molecule has 0 fully saturated rings. The standard InChI is InChI=1S/C39H65NO5/c1-3-5-7-9-11-13-15-16-17-19-21-23-25-30-34-39(44)45-36(32-28-26-29-33-37(41)40-35-38(42)43)31-27-24-22-20-18-14-12-10-8-6-4-2/h6,8,12,14-16,20,22,27,31,36H,3-5,7,9-11,13,17-19,21,23-26,28-30,32-35H2,1-2H3,(H,40,41)(H,42,43)/b8-6-,14-12-,16-15-,22-20-,31-27-. The zero-order valence-electron chi connectivity index (χ0n) is 28.7. The van der Waals surface area contributed by atoms with Crippen molar-refractivity contribution < 1.29 is 24.2 Å². The number of allylic oxidation sites excluding steroid dienone is 9. The van der Waals surface area contributed by atoms with Crippen LogP contribution in [0.15, 0.2) is 60.8 Å². The third-order valence-corrected chi connectivity index (χ3v) is 7.41. The van der Waals surface area contributed by atoms with Gasteiger partial charge in [0.05, 0.1) is 0 Å². The van der Waals surface area contributed by atoms with Gasteiger partial charge in [-0.2, -0.15) is 0 Å². The minimum Gasteiger partial charge on any atom is -0.480 e. The van der Waals surface area contributed by atoms with Gasteiger partial charge in [0.2, 0.25) is 5.91 Å². The number of carboxylic acid groups (broad SMARTS) is 1. The number of carbonyl (C=O) groups is 3. The molecule has 256 valence electrons. The number of rotatable bonds is 31. The largest absolute Gasteiger partial charge is 0.480 e. The molecular formula is C39H65NO5. The molecule has 0 spiro atoms. The Kier molecular flexibility index (Phi) is 31.8. The molecule has 0 radical (unpaired) electrons. The Morgan fingerprint density at radius 3 is 1.78 bits per heavy atom. The van der Waals surface area contributed by atoms with Crippen molar-refractivity contribution in [2.24, 2.45) is 0 Å². The number of nitrogens with one attached hydrogen (secondary N) is 1. The Hall–Kier alpha value is -2.89. The van der Waals surface area contributed by atoms with Crippen LogP contribution in [0, 0.1) is 0 Å². The number of carboxylic acids is 1. The molecule has 1 unspecified atom stereocenters. The number of ether oxygens (including phenoxy) is 1. The summed E-state index contributed by atoms with van der Waals surface area (Å²) in [5.41, 5.74) is 0. The van der Waals surface area contributed by atoms with Crippen LogP contribution in [0.5, 0.6) is 0 Å². The van der Waals surface area contributed by atoms with Crippen LogP contribution in [-0.4, -0.2) is 35.6 Å². The minimum absolute atomic E-state index is 0.141. The number of esters is 1. The molecule has 0 rings (SSSR count). The lowest BCUT2D eigenvalue weighted by molar-refractivity contribution is -0.147. The van der Waals surface area contributed by atoms with Crippen LogP contribution in [0.2, 0.25) is 0 Å². The fraction of sp³-hybridized carbons (Fsp3) is 0.667. The first kappa shape index (κ1) is 42.1. The van der Waals surface area contributed by atoms with Crippen molar-refractivity contribution in [3.05, 3.63) is 60.8 Å². The van der Waals surface area contributed by atoms with Crippen LogP contribution in [0.1, 0.15) is 155 Å². The number of hydrogen-bond acceptors (Lipinski definition) is 4. The molecule has 0 saturated heterocycles. The van der Waals surface area contributed by atoms with Gasteiger partial charge in [0.15, 0.2) is 0 Å². The highest BCUT2D eigenvalue weighted by molar-refractivity contribution is 5.80. The van der Waals surface area contributed by atoms with Crippen molar-refractivity contribution >= 4 is 17.8 Å². The second-order valence-corrected chi connectivity index (χ2v) is 11.7. The van der Waals surface area contributed by atoms with E-state index in [-0.39, 0.29) is 24.5 Å². The Labute approximate surface area is 275 Å². The van der Waals surface area contributed by atoms with Gasteiger partial charge < -0.3 is 15.2 Å². The van der Waals surface area contributed by atoms with E-state index >= 15 is 0 Å². The van der Waals surface area contributed by atoms with Crippen molar-refractivity contribution in [1.82, 2.24) is 5.32 Å². The highest BCUT2D eigenvalue weighted by Gasteiger charge is 2.12.